The van der Waals surface area contributed by atoms with E-state index in [9.17, 15) is 20.1 Å². The van der Waals surface area contributed by atoms with Gasteiger partial charge in [-0.2, -0.15) is 0 Å². The number of rotatable bonds is 2. The zero-order valence-corrected chi connectivity index (χ0v) is 17.1. The van der Waals surface area contributed by atoms with E-state index < -0.39 is 30.0 Å². The number of carbonyl (C=O) groups is 1. The molecule has 0 bridgehead atoms. The molecule has 0 aromatic heterocycles. The quantitative estimate of drug-likeness (QED) is 0.610. The number of hydrogen-bond donors (Lipinski definition) is 3. The van der Waals surface area contributed by atoms with E-state index in [0.29, 0.717) is 41.7 Å². The van der Waals surface area contributed by atoms with Crippen molar-refractivity contribution in [1.29, 1.82) is 0 Å². The van der Waals surface area contributed by atoms with Crippen LogP contribution in [0.4, 0.5) is 5.69 Å². The van der Waals surface area contributed by atoms with Crippen LogP contribution in [0.2, 0.25) is 0 Å². The predicted molar refractivity (Wildman–Crippen MR) is 110 cm³/mol. The molecule has 5 unspecified atom stereocenters. The molecule has 5 atom stereocenters. The van der Waals surface area contributed by atoms with Crippen LogP contribution in [0.15, 0.2) is 36.4 Å². The molecular weight excluding hydrogens is 418 g/mol. The van der Waals surface area contributed by atoms with Crippen molar-refractivity contribution in [2.24, 2.45) is 0 Å². The summed E-state index contributed by atoms with van der Waals surface area (Å²) in [7, 11) is 0. The lowest BCUT2D eigenvalue weighted by molar-refractivity contribution is -0.229. The predicted octanol–water partition coefficient (Wildman–Crippen LogP) is 0.312. The molecule has 1 spiro atoms. The number of para-hydroxylation sites is 1. The van der Waals surface area contributed by atoms with Crippen molar-refractivity contribution in [1.82, 2.24) is 0 Å². The Labute approximate surface area is 183 Å². The maximum atomic E-state index is 14.0. The number of nitrogens with zero attached hydrogens (tertiary/aromatic N) is 1. The second-order valence-electron chi connectivity index (χ2n) is 8.54. The van der Waals surface area contributed by atoms with E-state index in [2.05, 4.69) is 0 Å². The van der Waals surface area contributed by atoms with Gasteiger partial charge in [0.25, 0.3) is 0 Å². The molecule has 9 heteroatoms. The molecule has 3 N–H and O–H groups in total. The van der Waals surface area contributed by atoms with Gasteiger partial charge in [-0.3, -0.25) is 4.79 Å². The third-order valence-electron chi connectivity index (χ3n) is 6.73. The minimum Gasteiger partial charge on any atom is -0.491 e. The van der Waals surface area contributed by atoms with Crippen LogP contribution < -0.4 is 19.1 Å². The number of aliphatic hydroxyl groups is 3. The van der Waals surface area contributed by atoms with E-state index in [1.54, 1.807) is 11.0 Å². The summed E-state index contributed by atoms with van der Waals surface area (Å²) < 4.78 is 22.9. The zero-order valence-electron chi connectivity index (χ0n) is 17.1. The molecule has 4 heterocycles. The molecule has 2 aromatic carbocycles. The van der Waals surface area contributed by atoms with Crippen LogP contribution >= 0.6 is 0 Å². The molecule has 4 aliphatic heterocycles. The summed E-state index contributed by atoms with van der Waals surface area (Å²) in [6, 6.07) is 11.0. The number of carbonyl (C=O) groups excluding carboxylic acids is 1. The molecule has 0 radical (unpaired) electrons. The fraction of sp³-hybridized carbons (Fsp3) is 0.435. The number of aliphatic hydroxyl groups excluding tert-OH is 3. The van der Waals surface area contributed by atoms with Gasteiger partial charge in [-0.1, -0.05) is 18.2 Å². The average Bonchev–Trinajstić information content (AvgIpc) is 3.28. The summed E-state index contributed by atoms with van der Waals surface area (Å²) in [5.41, 5.74) is 1.09. The Balaban J connectivity index is 1.42. The summed E-state index contributed by atoms with van der Waals surface area (Å²) in [6.07, 6.45) is -4.59. The highest BCUT2D eigenvalue weighted by atomic mass is 16.6. The summed E-state index contributed by atoms with van der Waals surface area (Å²) in [4.78, 5) is 15.5. The third-order valence-corrected chi connectivity index (χ3v) is 6.73. The molecule has 1 saturated heterocycles. The van der Waals surface area contributed by atoms with Gasteiger partial charge >= 0.3 is 0 Å². The van der Waals surface area contributed by atoms with Crippen LogP contribution in [-0.2, 0) is 14.9 Å². The maximum Gasteiger partial charge on any atom is 0.245 e. The van der Waals surface area contributed by atoms with Crippen molar-refractivity contribution in [3.63, 3.8) is 0 Å². The molecule has 2 aromatic rings. The minimum absolute atomic E-state index is 0.0211. The van der Waals surface area contributed by atoms with Crippen LogP contribution in [0.3, 0.4) is 0 Å². The van der Waals surface area contributed by atoms with Crippen molar-refractivity contribution in [2.45, 2.75) is 36.4 Å². The first-order chi connectivity index (χ1) is 15.5. The molecule has 1 amide bonds. The van der Waals surface area contributed by atoms with Crippen LogP contribution in [0.5, 0.6) is 17.2 Å². The Morgan fingerprint density at radius 3 is 2.53 bits per heavy atom. The van der Waals surface area contributed by atoms with E-state index in [-0.39, 0.29) is 25.5 Å². The van der Waals surface area contributed by atoms with Crippen molar-refractivity contribution in [3.8, 4) is 17.2 Å². The average molecular weight is 441 g/mol. The summed E-state index contributed by atoms with van der Waals surface area (Å²) in [5.74, 6) is 1.50. The Hall–Kier alpha value is -2.85. The Morgan fingerprint density at radius 2 is 1.72 bits per heavy atom. The topological polar surface area (TPSA) is 118 Å². The van der Waals surface area contributed by atoms with E-state index in [1.807, 2.05) is 30.3 Å². The minimum atomic E-state index is -1.22. The van der Waals surface area contributed by atoms with Gasteiger partial charge in [0.15, 0.2) is 17.8 Å². The van der Waals surface area contributed by atoms with Crippen molar-refractivity contribution >= 4 is 11.6 Å². The number of fused-ring (bicyclic) bond motifs is 5. The molecule has 9 nitrogen and oxygen atoms in total. The van der Waals surface area contributed by atoms with E-state index in [0.717, 1.165) is 5.56 Å². The summed E-state index contributed by atoms with van der Waals surface area (Å²) >= 11 is 0. The smallest absolute Gasteiger partial charge is 0.245 e. The highest BCUT2D eigenvalue weighted by Gasteiger charge is 2.58. The van der Waals surface area contributed by atoms with Gasteiger partial charge in [0.2, 0.25) is 5.91 Å². The normalized spacial score (nSPS) is 32.6. The van der Waals surface area contributed by atoms with Crippen LogP contribution in [-0.4, -0.2) is 72.2 Å². The Kier molecular flexibility index (Phi) is 4.38. The van der Waals surface area contributed by atoms with Crippen LogP contribution in [0.25, 0.3) is 0 Å². The van der Waals surface area contributed by atoms with Gasteiger partial charge in [-0.15, -0.1) is 0 Å². The lowest BCUT2D eigenvalue weighted by Gasteiger charge is -2.37. The first kappa shape index (κ1) is 19.8. The monoisotopic (exact) mass is 441 g/mol. The molecule has 32 heavy (non-hydrogen) atoms. The standard InChI is InChI=1S/C23H23NO8/c25-15-8-20(26)32-19(21(15)27)10-24-14-4-2-1-3-12(14)23(22(24)28)11-31-16-9-18-17(7-13(16)23)29-5-6-30-18/h1-4,7,9,15,19-21,25-27H,5-6,8,10-11H2. The Morgan fingerprint density at radius 1 is 0.969 bits per heavy atom. The highest BCUT2D eigenvalue weighted by molar-refractivity contribution is 6.11. The van der Waals surface area contributed by atoms with Gasteiger partial charge in [-0.25, -0.2) is 0 Å². The lowest BCUT2D eigenvalue weighted by atomic mass is 9.77. The van der Waals surface area contributed by atoms with Gasteiger partial charge in [0, 0.05) is 23.7 Å². The zero-order chi connectivity index (χ0) is 22.0. The van der Waals surface area contributed by atoms with Crippen LogP contribution in [0, 0.1) is 0 Å². The maximum absolute atomic E-state index is 14.0. The highest BCUT2D eigenvalue weighted by Crippen LogP contribution is 2.54. The fourth-order valence-electron chi connectivity index (χ4n) is 5.16. The first-order valence-corrected chi connectivity index (χ1v) is 10.7. The number of anilines is 1. The fourth-order valence-corrected chi connectivity index (χ4v) is 5.16. The molecular formula is C23H23NO8. The number of benzene rings is 2. The Bertz CT molecular complexity index is 1090. The second kappa shape index (κ2) is 7.08. The van der Waals surface area contributed by atoms with Crippen LogP contribution in [0.1, 0.15) is 17.5 Å². The van der Waals surface area contributed by atoms with E-state index in [1.165, 1.54) is 0 Å². The molecule has 0 aliphatic carbocycles. The van der Waals surface area contributed by atoms with Gasteiger partial charge < -0.3 is 39.2 Å². The van der Waals surface area contributed by atoms with Crippen molar-refractivity contribution in [2.75, 3.05) is 31.3 Å². The lowest BCUT2D eigenvalue weighted by Crippen LogP contribution is -2.54. The van der Waals surface area contributed by atoms with E-state index in [4.69, 9.17) is 18.9 Å². The molecule has 6 rings (SSSR count). The summed E-state index contributed by atoms with van der Waals surface area (Å²) in [6.45, 7) is 0.982. The number of ether oxygens (including phenoxy) is 4. The van der Waals surface area contributed by atoms with Gasteiger partial charge in [0.05, 0.1) is 12.6 Å². The second-order valence-corrected chi connectivity index (χ2v) is 8.54. The molecule has 1 fully saturated rings. The number of hydrogen-bond acceptors (Lipinski definition) is 8. The van der Waals surface area contributed by atoms with E-state index >= 15 is 0 Å². The van der Waals surface area contributed by atoms with Gasteiger partial charge in [0.1, 0.15) is 43.2 Å². The molecule has 168 valence electrons. The third kappa shape index (κ3) is 2.69. The summed E-state index contributed by atoms with van der Waals surface area (Å²) in [5, 5.41) is 30.4. The van der Waals surface area contributed by atoms with Gasteiger partial charge in [-0.05, 0) is 17.7 Å². The molecule has 0 saturated carbocycles. The number of amides is 1. The molecule has 4 aliphatic rings. The van der Waals surface area contributed by atoms with Crippen molar-refractivity contribution < 1.29 is 39.1 Å². The largest absolute Gasteiger partial charge is 0.491 e. The first-order valence-electron chi connectivity index (χ1n) is 10.7. The van der Waals surface area contributed by atoms with Crippen molar-refractivity contribution in [3.05, 3.63) is 47.5 Å². The SMILES string of the molecule is O=C1N(CC2OC(O)CC(O)C2O)c2ccccc2C12COc1cc3c(cc12)OCCO3.